The predicted octanol–water partition coefficient (Wildman–Crippen LogP) is 3.35. The summed E-state index contributed by atoms with van der Waals surface area (Å²) >= 11 is 0. The normalized spacial score (nSPS) is 11.0. The molecule has 2 N–H and O–H groups in total. The Balaban J connectivity index is 1.39. The maximum Gasteiger partial charge on any atom is 0.251 e. The van der Waals surface area contributed by atoms with E-state index in [1.165, 1.54) is 0 Å². The number of aromatic nitrogens is 4. The molecule has 0 spiro atoms. The number of benzene rings is 2. The number of carbonyl (C=O) groups excluding carboxylic acids is 1. The Morgan fingerprint density at radius 1 is 1.07 bits per heavy atom. The number of nitrogens with one attached hydrogen (secondary N) is 2. The molecular formula is C21H21N5O. The molecule has 0 aliphatic carbocycles. The Labute approximate surface area is 157 Å². The maximum atomic E-state index is 12.4. The lowest BCUT2D eigenvalue weighted by Gasteiger charge is -2.08. The SMILES string of the molecule is Cc1cc(C)n(Cc2ccc(C(=O)NCc3ccc4nc[nH]c4c3)cc2)n1. The molecule has 27 heavy (non-hydrogen) atoms. The third-order valence-electron chi connectivity index (χ3n) is 4.59. The zero-order valence-corrected chi connectivity index (χ0v) is 15.4. The number of H-pyrrole nitrogens is 1. The number of aromatic amines is 1. The van der Waals surface area contributed by atoms with Crippen molar-refractivity contribution in [1.29, 1.82) is 0 Å². The van der Waals surface area contributed by atoms with Crippen molar-refractivity contribution in [2.24, 2.45) is 0 Å². The standard InChI is InChI=1S/C21H21N5O/c1-14-9-15(2)26(25-14)12-16-3-6-18(7-4-16)21(27)22-11-17-5-8-19-20(10-17)24-13-23-19/h3-10,13H,11-12H2,1-2H3,(H,22,27)(H,23,24). The monoisotopic (exact) mass is 359 g/mol. The summed E-state index contributed by atoms with van der Waals surface area (Å²) in [6.45, 7) is 5.20. The van der Waals surface area contributed by atoms with Crippen LogP contribution in [-0.2, 0) is 13.1 Å². The highest BCUT2D eigenvalue weighted by Gasteiger charge is 2.07. The minimum absolute atomic E-state index is 0.0858. The molecule has 0 bridgehead atoms. The van der Waals surface area contributed by atoms with Gasteiger partial charge in [0, 0.05) is 17.8 Å². The van der Waals surface area contributed by atoms with Crippen LogP contribution < -0.4 is 5.32 Å². The van der Waals surface area contributed by atoms with Crippen molar-refractivity contribution in [1.82, 2.24) is 25.1 Å². The van der Waals surface area contributed by atoms with Crippen LogP contribution in [0.1, 0.15) is 32.9 Å². The molecule has 136 valence electrons. The van der Waals surface area contributed by atoms with Gasteiger partial charge in [0.25, 0.3) is 5.91 Å². The van der Waals surface area contributed by atoms with E-state index >= 15 is 0 Å². The number of rotatable bonds is 5. The van der Waals surface area contributed by atoms with Crippen molar-refractivity contribution in [3.8, 4) is 0 Å². The van der Waals surface area contributed by atoms with E-state index in [4.69, 9.17) is 0 Å². The molecule has 0 saturated heterocycles. The molecule has 4 aromatic rings. The second-order valence-electron chi connectivity index (χ2n) is 6.72. The number of nitrogens with zero attached hydrogens (tertiary/aromatic N) is 3. The van der Waals surface area contributed by atoms with E-state index in [0.29, 0.717) is 18.7 Å². The lowest BCUT2D eigenvalue weighted by Crippen LogP contribution is -2.22. The zero-order valence-electron chi connectivity index (χ0n) is 15.4. The van der Waals surface area contributed by atoms with Gasteiger partial charge in [-0.1, -0.05) is 18.2 Å². The van der Waals surface area contributed by atoms with Gasteiger partial charge >= 0.3 is 0 Å². The summed E-state index contributed by atoms with van der Waals surface area (Å²) in [6, 6.07) is 15.6. The zero-order chi connectivity index (χ0) is 18.8. The number of aryl methyl sites for hydroxylation is 2. The second kappa shape index (κ2) is 7.07. The lowest BCUT2D eigenvalue weighted by molar-refractivity contribution is 0.0951. The average molecular weight is 359 g/mol. The topological polar surface area (TPSA) is 75.6 Å². The average Bonchev–Trinajstić information content (AvgIpc) is 3.25. The van der Waals surface area contributed by atoms with Gasteiger partial charge in [-0.25, -0.2) is 4.98 Å². The highest BCUT2D eigenvalue weighted by Crippen LogP contribution is 2.12. The van der Waals surface area contributed by atoms with E-state index in [2.05, 4.69) is 26.4 Å². The summed E-state index contributed by atoms with van der Waals surface area (Å²) in [7, 11) is 0. The van der Waals surface area contributed by atoms with Crippen molar-refractivity contribution in [2.75, 3.05) is 0 Å². The predicted molar refractivity (Wildman–Crippen MR) is 105 cm³/mol. The molecule has 4 rings (SSSR count). The largest absolute Gasteiger partial charge is 0.348 e. The van der Waals surface area contributed by atoms with Crippen LogP contribution in [0, 0.1) is 13.8 Å². The smallest absolute Gasteiger partial charge is 0.251 e. The Morgan fingerprint density at radius 3 is 2.59 bits per heavy atom. The van der Waals surface area contributed by atoms with Crippen LogP contribution >= 0.6 is 0 Å². The molecular weight excluding hydrogens is 338 g/mol. The van der Waals surface area contributed by atoms with E-state index in [0.717, 1.165) is 33.5 Å². The van der Waals surface area contributed by atoms with E-state index in [-0.39, 0.29) is 5.91 Å². The number of fused-ring (bicyclic) bond motifs is 1. The van der Waals surface area contributed by atoms with Crippen LogP contribution in [0.15, 0.2) is 54.9 Å². The fourth-order valence-electron chi connectivity index (χ4n) is 3.15. The van der Waals surface area contributed by atoms with Gasteiger partial charge in [-0.05, 0) is 55.3 Å². The molecule has 0 atom stereocenters. The fourth-order valence-corrected chi connectivity index (χ4v) is 3.15. The first-order chi connectivity index (χ1) is 13.1. The third-order valence-corrected chi connectivity index (χ3v) is 4.59. The van der Waals surface area contributed by atoms with Crippen LogP contribution in [0.2, 0.25) is 0 Å². The van der Waals surface area contributed by atoms with Gasteiger partial charge in [0.1, 0.15) is 0 Å². The van der Waals surface area contributed by atoms with Gasteiger partial charge in [-0.15, -0.1) is 0 Å². The summed E-state index contributed by atoms with van der Waals surface area (Å²) in [4.78, 5) is 19.7. The molecule has 2 heterocycles. The molecule has 0 radical (unpaired) electrons. The first-order valence-corrected chi connectivity index (χ1v) is 8.89. The van der Waals surface area contributed by atoms with Crippen LogP contribution in [0.3, 0.4) is 0 Å². The molecule has 0 fully saturated rings. The van der Waals surface area contributed by atoms with Gasteiger partial charge < -0.3 is 10.3 Å². The summed E-state index contributed by atoms with van der Waals surface area (Å²) < 4.78 is 1.97. The number of hydrogen-bond acceptors (Lipinski definition) is 3. The van der Waals surface area contributed by atoms with Gasteiger partial charge in [0.05, 0.1) is 29.6 Å². The van der Waals surface area contributed by atoms with Gasteiger partial charge in [0.2, 0.25) is 0 Å². The van der Waals surface area contributed by atoms with Crippen LogP contribution in [-0.4, -0.2) is 25.7 Å². The van der Waals surface area contributed by atoms with Crippen molar-refractivity contribution < 1.29 is 4.79 Å². The number of amides is 1. The Bertz CT molecular complexity index is 1090. The van der Waals surface area contributed by atoms with Crippen molar-refractivity contribution in [3.63, 3.8) is 0 Å². The van der Waals surface area contributed by atoms with Gasteiger partial charge in [-0.2, -0.15) is 5.10 Å². The van der Waals surface area contributed by atoms with E-state index < -0.39 is 0 Å². The van der Waals surface area contributed by atoms with Crippen molar-refractivity contribution in [3.05, 3.63) is 82.9 Å². The molecule has 1 amide bonds. The first kappa shape index (κ1) is 17.0. The van der Waals surface area contributed by atoms with Crippen LogP contribution in [0.5, 0.6) is 0 Å². The first-order valence-electron chi connectivity index (χ1n) is 8.89. The molecule has 6 heteroatoms. The van der Waals surface area contributed by atoms with Crippen molar-refractivity contribution in [2.45, 2.75) is 26.9 Å². The summed E-state index contributed by atoms with van der Waals surface area (Å²) in [6.07, 6.45) is 1.67. The van der Waals surface area contributed by atoms with E-state index in [1.54, 1.807) is 6.33 Å². The minimum Gasteiger partial charge on any atom is -0.348 e. The molecule has 0 unspecified atom stereocenters. The van der Waals surface area contributed by atoms with Crippen LogP contribution in [0.4, 0.5) is 0 Å². The fraction of sp³-hybridized carbons (Fsp3) is 0.190. The highest BCUT2D eigenvalue weighted by atomic mass is 16.1. The molecule has 2 aromatic carbocycles. The Morgan fingerprint density at radius 2 is 1.85 bits per heavy atom. The molecule has 6 nitrogen and oxygen atoms in total. The highest BCUT2D eigenvalue weighted by molar-refractivity contribution is 5.94. The second-order valence-corrected chi connectivity index (χ2v) is 6.72. The van der Waals surface area contributed by atoms with Gasteiger partial charge in [-0.3, -0.25) is 9.48 Å². The molecule has 0 aliphatic rings. The summed E-state index contributed by atoms with van der Waals surface area (Å²) in [5.74, 6) is -0.0858. The van der Waals surface area contributed by atoms with E-state index in [9.17, 15) is 4.79 Å². The third kappa shape index (κ3) is 3.74. The quantitative estimate of drug-likeness (QED) is 0.574. The Kier molecular flexibility index (Phi) is 4.46. The molecule has 2 aromatic heterocycles. The Hall–Kier alpha value is -3.41. The number of imidazole rings is 1. The van der Waals surface area contributed by atoms with Crippen molar-refractivity contribution >= 4 is 16.9 Å². The van der Waals surface area contributed by atoms with E-state index in [1.807, 2.05) is 61.0 Å². The lowest BCUT2D eigenvalue weighted by atomic mass is 10.1. The number of hydrogen-bond donors (Lipinski definition) is 2. The number of carbonyl (C=O) groups is 1. The maximum absolute atomic E-state index is 12.4. The molecule has 0 saturated carbocycles. The summed E-state index contributed by atoms with van der Waals surface area (Å²) in [5, 5.41) is 7.44. The van der Waals surface area contributed by atoms with Crippen LogP contribution in [0.25, 0.3) is 11.0 Å². The van der Waals surface area contributed by atoms with Gasteiger partial charge in [0.15, 0.2) is 0 Å². The summed E-state index contributed by atoms with van der Waals surface area (Å²) in [5.41, 5.74) is 6.82. The minimum atomic E-state index is -0.0858. The molecule has 0 aliphatic heterocycles.